The molecule has 2 aliphatic rings. The van der Waals surface area contributed by atoms with Gasteiger partial charge in [0.1, 0.15) is 0 Å². The van der Waals surface area contributed by atoms with Gasteiger partial charge in [0.05, 0.1) is 6.04 Å². The number of hydrogen-bond acceptors (Lipinski definition) is 3. The van der Waals surface area contributed by atoms with Crippen LogP contribution >= 0.6 is 12.4 Å². The van der Waals surface area contributed by atoms with Gasteiger partial charge in [0.15, 0.2) is 0 Å². The van der Waals surface area contributed by atoms with Crippen LogP contribution in [0.5, 0.6) is 0 Å². The first kappa shape index (κ1) is 15.7. The average Bonchev–Trinajstić information content (AvgIpc) is 2.39. The van der Waals surface area contributed by atoms with Crippen molar-refractivity contribution in [2.24, 2.45) is 5.73 Å². The number of amides is 1. The summed E-state index contributed by atoms with van der Waals surface area (Å²) < 4.78 is 0. The van der Waals surface area contributed by atoms with Crippen LogP contribution < -0.4 is 5.73 Å². The summed E-state index contributed by atoms with van der Waals surface area (Å²) in [6, 6.07) is 0.424. The second-order valence-electron chi connectivity index (χ2n) is 5.44. The fourth-order valence-electron chi connectivity index (χ4n) is 3.04. The highest BCUT2D eigenvalue weighted by atomic mass is 35.5. The Morgan fingerprint density at radius 2 is 1.67 bits per heavy atom. The number of nitrogens with two attached hydrogens (primary N) is 1. The molecule has 2 fully saturated rings. The largest absolute Gasteiger partial charge is 0.339 e. The number of hydrogen-bond donors (Lipinski definition) is 1. The molecule has 0 aromatic heterocycles. The van der Waals surface area contributed by atoms with Crippen molar-refractivity contribution in [2.75, 3.05) is 26.2 Å². The molecule has 1 amide bonds. The zero-order valence-electron chi connectivity index (χ0n) is 11.3. The molecule has 4 nitrogen and oxygen atoms in total. The number of nitrogens with zero attached hydrogens (tertiary/aromatic N) is 2. The van der Waals surface area contributed by atoms with E-state index in [4.69, 9.17) is 5.73 Å². The van der Waals surface area contributed by atoms with Crippen molar-refractivity contribution >= 4 is 18.3 Å². The number of carbonyl (C=O) groups is 1. The Kier molecular flexibility index (Phi) is 6.39. The molecular weight excluding hydrogens is 250 g/mol. The molecule has 1 saturated heterocycles. The van der Waals surface area contributed by atoms with Crippen molar-refractivity contribution in [1.29, 1.82) is 0 Å². The first-order chi connectivity index (χ1) is 8.18. The SMILES string of the molecule is C[C@@H](N)C(=O)N1CCN(C2CCCCC2)CC1.Cl. The monoisotopic (exact) mass is 275 g/mol. The molecule has 18 heavy (non-hydrogen) atoms. The lowest BCUT2D eigenvalue weighted by atomic mass is 9.94. The molecule has 0 aromatic carbocycles. The normalized spacial score (nSPS) is 24.4. The van der Waals surface area contributed by atoms with Crippen molar-refractivity contribution in [3.05, 3.63) is 0 Å². The fraction of sp³-hybridized carbons (Fsp3) is 0.923. The zero-order valence-corrected chi connectivity index (χ0v) is 12.1. The van der Waals surface area contributed by atoms with Gasteiger partial charge in [0.2, 0.25) is 5.91 Å². The number of carbonyl (C=O) groups excluding carboxylic acids is 1. The molecule has 5 heteroatoms. The van der Waals surface area contributed by atoms with Crippen molar-refractivity contribution in [3.8, 4) is 0 Å². The fourth-order valence-corrected chi connectivity index (χ4v) is 3.04. The third-order valence-electron chi connectivity index (χ3n) is 4.11. The molecule has 1 aliphatic carbocycles. The van der Waals surface area contributed by atoms with E-state index in [9.17, 15) is 4.79 Å². The van der Waals surface area contributed by atoms with Crippen LogP contribution in [0.3, 0.4) is 0 Å². The van der Waals surface area contributed by atoms with Crippen LogP contribution in [0.1, 0.15) is 39.0 Å². The average molecular weight is 276 g/mol. The first-order valence-electron chi connectivity index (χ1n) is 6.97. The Hall–Kier alpha value is -0.320. The summed E-state index contributed by atoms with van der Waals surface area (Å²) in [7, 11) is 0. The highest BCUT2D eigenvalue weighted by Gasteiger charge is 2.27. The van der Waals surface area contributed by atoms with Crippen LogP contribution in [0, 0.1) is 0 Å². The van der Waals surface area contributed by atoms with Gasteiger partial charge < -0.3 is 10.6 Å². The van der Waals surface area contributed by atoms with Gasteiger partial charge in [0, 0.05) is 32.2 Å². The predicted octanol–water partition coefficient (Wildman–Crippen LogP) is 1.23. The van der Waals surface area contributed by atoms with Gasteiger partial charge in [-0.2, -0.15) is 0 Å². The molecule has 1 aliphatic heterocycles. The Balaban J connectivity index is 0.00000162. The molecule has 106 valence electrons. The van der Waals surface area contributed by atoms with E-state index in [0.29, 0.717) is 0 Å². The van der Waals surface area contributed by atoms with Gasteiger partial charge in [-0.15, -0.1) is 12.4 Å². The second kappa shape index (κ2) is 7.31. The summed E-state index contributed by atoms with van der Waals surface area (Å²) >= 11 is 0. The predicted molar refractivity (Wildman–Crippen MR) is 75.9 cm³/mol. The quantitative estimate of drug-likeness (QED) is 0.825. The van der Waals surface area contributed by atoms with E-state index in [-0.39, 0.29) is 24.4 Å². The maximum absolute atomic E-state index is 11.8. The third-order valence-corrected chi connectivity index (χ3v) is 4.11. The van der Waals surface area contributed by atoms with E-state index in [1.54, 1.807) is 6.92 Å². The standard InChI is InChI=1S/C13H25N3O.ClH/c1-11(14)13(17)16-9-7-15(8-10-16)12-5-3-2-4-6-12;/h11-12H,2-10,14H2,1H3;1H/t11-;/m1./s1. The summed E-state index contributed by atoms with van der Waals surface area (Å²) in [6.45, 7) is 5.55. The minimum atomic E-state index is -0.351. The lowest BCUT2D eigenvalue weighted by Gasteiger charge is -2.41. The molecule has 1 heterocycles. The molecule has 0 radical (unpaired) electrons. The highest BCUT2D eigenvalue weighted by molar-refractivity contribution is 5.85. The Morgan fingerprint density at radius 3 is 2.17 bits per heavy atom. The van der Waals surface area contributed by atoms with E-state index < -0.39 is 0 Å². The van der Waals surface area contributed by atoms with Gasteiger partial charge in [-0.1, -0.05) is 19.3 Å². The van der Waals surface area contributed by atoms with E-state index in [0.717, 1.165) is 32.2 Å². The molecule has 0 spiro atoms. The van der Waals surface area contributed by atoms with Crippen molar-refractivity contribution in [1.82, 2.24) is 9.80 Å². The van der Waals surface area contributed by atoms with E-state index in [1.807, 2.05) is 4.90 Å². The van der Waals surface area contributed by atoms with E-state index in [2.05, 4.69) is 4.90 Å². The minimum Gasteiger partial charge on any atom is -0.339 e. The maximum atomic E-state index is 11.8. The smallest absolute Gasteiger partial charge is 0.239 e. The van der Waals surface area contributed by atoms with Crippen LogP contribution in [0.2, 0.25) is 0 Å². The summed E-state index contributed by atoms with van der Waals surface area (Å²) in [4.78, 5) is 16.3. The molecule has 2 rings (SSSR count). The molecule has 1 atom stereocenters. The molecule has 2 N–H and O–H groups in total. The molecule has 0 bridgehead atoms. The van der Waals surface area contributed by atoms with Gasteiger partial charge in [0.25, 0.3) is 0 Å². The Labute approximate surface area is 116 Å². The second-order valence-corrected chi connectivity index (χ2v) is 5.44. The summed E-state index contributed by atoms with van der Waals surface area (Å²) in [5, 5.41) is 0. The lowest BCUT2D eigenvalue weighted by molar-refractivity contribution is -0.134. The summed E-state index contributed by atoms with van der Waals surface area (Å²) in [5.41, 5.74) is 5.64. The van der Waals surface area contributed by atoms with Crippen LogP contribution in [-0.2, 0) is 4.79 Å². The van der Waals surface area contributed by atoms with Crippen LogP contribution in [0.25, 0.3) is 0 Å². The Morgan fingerprint density at radius 1 is 1.11 bits per heavy atom. The zero-order chi connectivity index (χ0) is 12.3. The van der Waals surface area contributed by atoms with Gasteiger partial charge in [-0.25, -0.2) is 0 Å². The van der Waals surface area contributed by atoms with Crippen molar-refractivity contribution in [2.45, 2.75) is 51.1 Å². The summed E-state index contributed by atoms with van der Waals surface area (Å²) in [6.07, 6.45) is 6.86. The molecule has 0 aromatic rings. The van der Waals surface area contributed by atoms with Crippen LogP contribution in [-0.4, -0.2) is 54.0 Å². The molecule has 1 saturated carbocycles. The van der Waals surface area contributed by atoms with Gasteiger partial charge >= 0.3 is 0 Å². The summed E-state index contributed by atoms with van der Waals surface area (Å²) in [5.74, 6) is 0.105. The number of halogens is 1. The van der Waals surface area contributed by atoms with E-state index >= 15 is 0 Å². The van der Waals surface area contributed by atoms with E-state index in [1.165, 1.54) is 32.1 Å². The van der Waals surface area contributed by atoms with Gasteiger partial charge in [-0.3, -0.25) is 9.69 Å². The number of piperazine rings is 1. The van der Waals surface area contributed by atoms with Crippen LogP contribution in [0.4, 0.5) is 0 Å². The third kappa shape index (κ3) is 3.84. The van der Waals surface area contributed by atoms with Crippen molar-refractivity contribution in [3.63, 3.8) is 0 Å². The Bertz CT molecular complexity index is 259. The minimum absolute atomic E-state index is 0. The van der Waals surface area contributed by atoms with Gasteiger partial charge in [-0.05, 0) is 19.8 Å². The van der Waals surface area contributed by atoms with Crippen molar-refractivity contribution < 1.29 is 4.79 Å². The topological polar surface area (TPSA) is 49.6 Å². The molecule has 0 unspecified atom stereocenters. The number of rotatable bonds is 2. The first-order valence-corrected chi connectivity index (χ1v) is 6.97. The molecular formula is C13H26ClN3O. The lowest BCUT2D eigenvalue weighted by Crippen LogP contribution is -2.54. The van der Waals surface area contributed by atoms with Crippen LogP contribution in [0.15, 0.2) is 0 Å². The maximum Gasteiger partial charge on any atom is 0.239 e. The highest BCUT2D eigenvalue weighted by Crippen LogP contribution is 2.23.